The highest BCUT2D eigenvalue weighted by atomic mass is 16.5. The summed E-state index contributed by atoms with van der Waals surface area (Å²) in [7, 11) is 3.48. The van der Waals surface area contributed by atoms with Gasteiger partial charge in [0.2, 0.25) is 5.91 Å². The van der Waals surface area contributed by atoms with Crippen molar-refractivity contribution in [1.29, 1.82) is 0 Å². The number of ether oxygens (including phenoxy) is 1. The van der Waals surface area contributed by atoms with Gasteiger partial charge in [0.15, 0.2) is 0 Å². The molecule has 2 amide bonds. The lowest BCUT2D eigenvalue weighted by molar-refractivity contribution is -0.128. The largest absolute Gasteiger partial charge is 0.497 e. The number of hydrogen-bond acceptors (Lipinski definition) is 3. The van der Waals surface area contributed by atoms with Gasteiger partial charge in [0.1, 0.15) is 5.75 Å². The number of hydrogen-bond donors (Lipinski definition) is 0. The number of carbonyl (C=O) groups is 2. The van der Waals surface area contributed by atoms with Crippen LogP contribution in [0.5, 0.6) is 5.75 Å². The Morgan fingerprint density at radius 1 is 1.00 bits per heavy atom. The van der Waals surface area contributed by atoms with E-state index in [-0.39, 0.29) is 11.8 Å². The third kappa shape index (κ3) is 4.30. The first kappa shape index (κ1) is 20.0. The SMILES string of the molecule is COc1ccc2cc(CN(C)C(=O)c3ccc(CN4CCCC4=O)cc3)ccc2c1. The summed E-state index contributed by atoms with van der Waals surface area (Å²) in [5.41, 5.74) is 2.78. The molecule has 1 saturated heterocycles. The van der Waals surface area contributed by atoms with Crippen LogP contribution in [0.1, 0.15) is 34.3 Å². The van der Waals surface area contributed by atoms with Gasteiger partial charge in [0.05, 0.1) is 7.11 Å². The van der Waals surface area contributed by atoms with Gasteiger partial charge in [-0.15, -0.1) is 0 Å². The quantitative estimate of drug-likeness (QED) is 0.620. The van der Waals surface area contributed by atoms with Gasteiger partial charge in [-0.1, -0.05) is 30.3 Å². The third-order valence-electron chi connectivity index (χ3n) is 5.62. The first-order chi connectivity index (χ1) is 14.5. The van der Waals surface area contributed by atoms with E-state index in [1.54, 1.807) is 12.0 Å². The first-order valence-corrected chi connectivity index (χ1v) is 10.2. The molecule has 5 heteroatoms. The predicted molar refractivity (Wildman–Crippen MR) is 117 cm³/mol. The molecule has 0 saturated carbocycles. The highest BCUT2D eigenvalue weighted by molar-refractivity contribution is 5.94. The number of carbonyl (C=O) groups excluding carboxylic acids is 2. The Labute approximate surface area is 176 Å². The monoisotopic (exact) mass is 402 g/mol. The lowest BCUT2D eigenvalue weighted by Gasteiger charge is -2.19. The zero-order chi connectivity index (χ0) is 21.1. The van der Waals surface area contributed by atoms with Gasteiger partial charge >= 0.3 is 0 Å². The number of nitrogens with zero attached hydrogens (tertiary/aromatic N) is 2. The van der Waals surface area contributed by atoms with Crippen LogP contribution in [0.3, 0.4) is 0 Å². The number of benzene rings is 3. The minimum Gasteiger partial charge on any atom is -0.497 e. The molecular formula is C25H26N2O3. The van der Waals surface area contributed by atoms with Gasteiger partial charge in [0.25, 0.3) is 5.91 Å². The van der Waals surface area contributed by atoms with Crippen molar-refractivity contribution in [3.05, 3.63) is 77.4 Å². The summed E-state index contributed by atoms with van der Waals surface area (Å²) in [4.78, 5) is 28.2. The lowest BCUT2D eigenvalue weighted by Crippen LogP contribution is -2.26. The number of likely N-dealkylation sites (tertiary alicyclic amines) is 1. The van der Waals surface area contributed by atoms with Crippen molar-refractivity contribution in [2.75, 3.05) is 20.7 Å². The normalized spacial score (nSPS) is 13.7. The number of amides is 2. The van der Waals surface area contributed by atoms with Gasteiger partial charge in [-0.3, -0.25) is 9.59 Å². The number of methoxy groups -OCH3 is 1. The molecule has 0 aromatic heterocycles. The van der Waals surface area contributed by atoms with E-state index in [4.69, 9.17) is 4.74 Å². The fourth-order valence-corrected chi connectivity index (χ4v) is 3.91. The van der Waals surface area contributed by atoms with E-state index >= 15 is 0 Å². The Balaban J connectivity index is 1.41. The van der Waals surface area contributed by atoms with Crippen LogP contribution in [-0.4, -0.2) is 42.3 Å². The molecular weight excluding hydrogens is 376 g/mol. The second-order valence-electron chi connectivity index (χ2n) is 7.82. The van der Waals surface area contributed by atoms with E-state index in [0.717, 1.165) is 40.6 Å². The van der Waals surface area contributed by atoms with Crippen molar-refractivity contribution in [1.82, 2.24) is 9.80 Å². The highest BCUT2D eigenvalue weighted by Gasteiger charge is 2.20. The molecule has 0 bridgehead atoms. The van der Waals surface area contributed by atoms with Crippen LogP contribution in [0, 0.1) is 0 Å². The molecule has 154 valence electrons. The summed E-state index contributed by atoms with van der Waals surface area (Å²) in [5, 5.41) is 2.23. The maximum Gasteiger partial charge on any atom is 0.253 e. The standard InChI is InChI=1S/C25H26N2O3/c1-26(16-19-7-10-22-15-23(30-2)12-11-21(22)14-19)25(29)20-8-5-18(6-9-20)17-27-13-3-4-24(27)28/h5-12,14-15H,3-4,13,16-17H2,1-2H3. The van der Waals surface area contributed by atoms with Crippen LogP contribution in [0.15, 0.2) is 60.7 Å². The topological polar surface area (TPSA) is 49.9 Å². The summed E-state index contributed by atoms with van der Waals surface area (Å²) >= 11 is 0. The summed E-state index contributed by atoms with van der Waals surface area (Å²) < 4.78 is 5.28. The molecule has 30 heavy (non-hydrogen) atoms. The number of rotatable bonds is 6. The van der Waals surface area contributed by atoms with E-state index in [0.29, 0.717) is 25.1 Å². The molecule has 3 aromatic rings. The Hall–Kier alpha value is -3.34. The van der Waals surface area contributed by atoms with E-state index in [9.17, 15) is 9.59 Å². The summed E-state index contributed by atoms with van der Waals surface area (Å²) in [6.07, 6.45) is 1.58. The van der Waals surface area contributed by atoms with Gasteiger partial charge in [-0.05, 0) is 58.7 Å². The zero-order valence-corrected chi connectivity index (χ0v) is 17.4. The minimum absolute atomic E-state index is 0.0198. The second-order valence-corrected chi connectivity index (χ2v) is 7.82. The molecule has 0 radical (unpaired) electrons. The van der Waals surface area contributed by atoms with Gasteiger partial charge in [-0.2, -0.15) is 0 Å². The van der Waals surface area contributed by atoms with Gasteiger partial charge < -0.3 is 14.5 Å². The van der Waals surface area contributed by atoms with Crippen LogP contribution >= 0.6 is 0 Å². The number of fused-ring (bicyclic) bond motifs is 1. The molecule has 5 nitrogen and oxygen atoms in total. The summed E-state index contributed by atoms with van der Waals surface area (Å²) in [6.45, 7) is 1.97. The maximum atomic E-state index is 12.8. The average molecular weight is 402 g/mol. The average Bonchev–Trinajstić information content (AvgIpc) is 3.17. The molecule has 1 aliphatic rings. The van der Waals surface area contributed by atoms with Crippen LogP contribution in [-0.2, 0) is 17.9 Å². The molecule has 1 heterocycles. The Morgan fingerprint density at radius 2 is 1.70 bits per heavy atom. The second kappa shape index (κ2) is 8.57. The molecule has 0 spiro atoms. The third-order valence-corrected chi connectivity index (χ3v) is 5.62. The molecule has 3 aromatic carbocycles. The molecule has 0 N–H and O–H groups in total. The van der Waals surface area contributed by atoms with E-state index in [1.165, 1.54) is 0 Å². The smallest absolute Gasteiger partial charge is 0.253 e. The van der Waals surface area contributed by atoms with Crippen molar-refractivity contribution >= 4 is 22.6 Å². The first-order valence-electron chi connectivity index (χ1n) is 10.2. The highest BCUT2D eigenvalue weighted by Crippen LogP contribution is 2.23. The van der Waals surface area contributed by atoms with E-state index in [2.05, 4.69) is 12.1 Å². The van der Waals surface area contributed by atoms with Crippen LogP contribution in [0.2, 0.25) is 0 Å². The Bertz CT molecular complexity index is 1080. The molecule has 4 rings (SSSR count). The van der Waals surface area contributed by atoms with Crippen LogP contribution in [0.4, 0.5) is 0 Å². The molecule has 0 unspecified atom stereocenters. The molecule has 1 aliphatic heterocycles. The predicted octanol–water partition coefficient (Wildman–Crippen LogP) is 4.24. The Morgan fingerprint density at radius 3 is 2.40 bits per heavy atom. The van der Waals surface area contributed by atoms with E-state index < -0.39 is 0 Å². The zero-order valence-electron chi connectivity index (χ0n) is 17.4. The molecule has 0 atom stereocenters. The molecule has 1 fully saturated rings. The minimum atomic E-state index is -0.0198. The molecule has 0 aliphatic carbocycles. The fraction of sp³-hybridized carbons (Fsp3) is 0.280. The lowest BCUT2D eigenvalue weighted by atomic mass is 10.1. The van der Waals surface area contributed by atoms with Gasteiger partial charge in [-0.25, -0.2) is 0 Å². The van der Waals surface area contributed by atoms with E-state index in [1.807, 2.05) is 60.5 Å². The van der Waals surface area contributed by atoms with Crippen molar-refractivity contribution in [2.45, 2.75) is 25.9 Å². The summed E-state index contributed by atoms with van der Waals surface area (Å²) in [5.74, 6) is 1.03. The van der Waals surface area contributed by atoms with Crippen LogP contribution < -0.4 is 4.74 Å². The summed E-state index contributed by atoms with van der Waals surface area (Å²) in [6, 6.07) is 19.8. The van der Waals surface area contributed by atoms with Crippen molar-refractivity contribution < 1.29 is 14.3 Å². The van der Waals surface area contributed by atoms with Crippen molar-refractivity contribution in [3.8, 4) is 5.75 Å². The maximum absolute atomic E-state index is 12.8. The van der Waals surface area contributed by atoms with Crippen molar-refractivity contribution in [2.24, 2.45) is 0 Å². The Kier molecular flexibility index (Phi) is 5.70. The fourth-order valence-electron chi connectivity index (χ4n) is 3.91. The van der Waals surface area contributed by atoms with Crippen LogP contribution in [0.25, 0.3) is 10.8 Å². The van der Waals surface area contributed by atoms with Gasteiger partial charge in [0, 0.05) is 38.7 Å². The van der Waals surface area contributed by atoms with Crippen molar-refractivity contribution in [3.63, 3.8) is 0 Å².